The molecule has 5 nitrogen and oxygen atoms in total. The van der Waals surface area contributed by atoms with Gasteiger partial charge in [0.1, 0.15) is 11.2 Å². The van der Waals surface area contributed by atoms with Crippen molar-refractivity contribution in [2.75, 3.05) is 18.0 Å². The smallest absolute Gasteiger partial charge is 0.370 e. The van der Waals surface area contributed by atoms with Gasteiger partial charge in [0.2, 0.25) is 0 Å². The van der Waals surface area contributed by atoms with Crippen LogP contribution in [0.1, 0.15) is 18.4 Å². The third-order valence-corrected chi connectivity index (χ3v) is 5.68. The molecule has 0 atom stereocenters. The summed E-state index contributed by atoms with van der Waals surface area (Å²) in [4.78, 5) is 18.3. The monoisotopic (exact) mass is 443 g/mol. The van der Waals surface area contributed by atoms with Crippen LogP contribution in [-0.2, 0) is 6.18 Å². The Morgan fingerprint density at radius 3 is 2.52 bits per heavy atom. The third-order valence-electron chi connectivity index (χ3n) is 5.38. The van der Waals surface area contributed by atoms with Gasteiger partial charge in [-0.25, -0.2) is 4.98 Å². The molecule has 0 aliphatic carbocycles. The predicted molar refractivity (Wildman–Crippen MR) is 114 cm³/mol. The van der Waals surface area contributed by atoms with Crippen molar-refractivity contribution in [2.24, 2.45) is 0 Å². The lowest BCUT2D eigenvalue weighted by atomic mass is 10.1. The van der Waals surface area contributed by atoms with Crippen molar-refractivity contribution in [1.29, 1.82) is 0 Å². The average molecular weight is 444 g/mol. The number of anilines is 1. The number of aromatic amines is 1. The van der Waals surface area contributed by atoms with Gasteiger partial charge in [-0.15, -0.1) is 0 Å². The van der Waals surface area contributed by atoms with E-state index in [-0.39, 0.29) is 0 Å². The van der Waals surface area contributed by atoms with Gasteiger partial charge in [-0.3, -0.25) is 9.97 Å². The fourth-order valence-corrected chi connectivity index (χ4v) is 4.09. The summed E-state index contributed by atoms with van der Waals surface area (Å²) in [7, 11) is 0. The molecule has 0 bridgehead atoms. The van der Waals surface area contributed by atoms with E-state index in [9.17, 15) is 13.2 Å². The number of H-pyrrole nitrogens is 1. The van der Waals surface area contributed by atoms with Crippen molar-refractivity contribution < 1.29 is 13.2 Å². The first kappa shape index (κ1) is 19.8. The molecular formula is C22H17ClF3N5. The number of aromatic nitrogens is 4. The predicted octanol–water partition coefficient (Wildman–Crippen LogP) is 5.96. The first-order chi connectivity index (χ1) is 14.9. The van der Waals surface area contributed by atoms with Gasteiger partial charge in [-0.2, -0.15) is 13.2 Å². The van der Waals surface area contributed by atoms with Crippen LogP contribution in [0.3, 0.4) is 0 Å². The average Bonchev–Trinajstić information content (AvgIpc) is 3.43. The summed E-state index contributed by atoms with van der Waals surface area (Å²) < 4.78 is 40.4. The molecule has 5 rings (SSSR count). The van der Waals surface area contributed by atoms with Crippen molar-refractivity contribution in [2.45, 2.75) is 19.0 Å². The number of nitrogens with one attached hydrogen (secondary N) is 1. The van der Waals surface area contributed by atoms with Gasteiger partial charge in [-0.05, 0) is 49.2 Å². The highest BCUT2D eigenvalue weighted by molar-refractivity contribution is 6.33. The maximum Gasteiger partial charge on any atom is 0.416 e. The lowest BCUT2D eigenvalue weighted by molar-refractivity contribution is -0.137. The van der Waals surface area contributed by atoms with Gasteiger partial charge in [0.05, 0.1) is 27.5 Å². The van der Waals surface area contributed by atoms with E-state index in [1.165, 1.54) is 6.07 Å². The van der Waals surface area contributed by atoms with E-state index in [0.29, 0.717) is 39.0 Å². The fraction of sp³-hybridized carbons (Fsp3) is 0.227. The maximum atomic E-state index is 13.5. The van der Waals surface area contributed by atoms with Crippen LogP contribution in [0, 0.1) is 0 Å². The first-order valence-corrected chi connectivity index (χ1v) is 10.2. The van der Waals surface area contributed by atoms with Crippen LogP contribution in [-0.4, -0.2) is 33.0 Å². The summed E-state index contributed by atoms with van der Waals surface area (Å²) in [6.45, 7) is 1.44. The van der Waals surface area contributed by atoms with Gasteiger partial charge in [0.15, 0.2) is 5.82 Å². The number of alkyl halides is 3. The summed E-state index contributed by atoms with van der Waals surface area (Å²) in [6, 6.07) is 9.35. The molecule has 1 aromatic carbocycles. The second-order valence-electron chi connectivity index (χ2n) is 7.43. The van der Waals surface area contributed by atoms with Gasteiger partial charge < -0.3 is 9.88 Å². The van der Waals surface area contributed by atoms with Crippen LogP contribution in [0.2, 0.25) is 5.02 Å². The molecule has 9 heteroatoms. The highest BCUT2D eigenvalue weighted by Crippen LogP contribution is 2.38. The fourth-order valence-electron chi connectivity index (χ4n) is 3.86. The number of halogens is 4. The standard InChI is InChI=1S/C22H17ClF3N5/c23-15-4-3-7-27-19(15)13-5-6-16(28-12-13)21-29-17-10-14(22(24,25)26)11-18(20(17)30-21)31-8-1-2-9-31/h3-7,10-12H,1-2,8-9H2,(H,29,30). The molecule has 4 aromatic rings. The summed E-state index contributed by atoms with van der Waals surface area (Å²) in [5, 5.41) is 0.510. The Morgan fingerprint density at radius 1 is 1.03 bits per heavy atom. The van der Waals surface area contributed by atoms with Gasteiger partial charge in [-0.1, -0.05) is 11.6 Å². The van der Waals surface area contributed by atoms with E-state index < -0.39 is 11.7 Å². The molecule has 0 spiro atoms. The largest absolute Gasteiger partial charge is 0.416 e. The number of nitrogens with zero attached hydrogens (tertiary/aromatic N) is 4. The van der Waals surface area contributed by atoms with E-state index in [4.69, 9.17) is 11.6 Å². The van der Waals surface area contributed by atoms with Crippen LogP contribution < -0.4 is 4.90 Å². The van der Waals surface area contributed by atoms with Gasteiger partial charge in [0.25, 0.3) is 0 Å². The van der Waals surface area contributed by atoms with Crippen LogP contribution >= 0.6 is 11.6 Å². The molecule has 0 radical (unpaired) electrons. The minimum atomic E-state index is -4.43. The SMILES string of the molecule is FC(F)(F)c1cc(N2CCCC2)c2nc(-c3ccc(-c4ncccc4Cl)cn3)[nH]c2c1. The molecule has 3 aromatic heterocycles. The van der Waals surface area contributed by atoms with Crippen LogP contribution in [0.25, 0.3) is 33.8 Å². The second-order valence-corrected chi connectivity index (χ2v) is 7.84. The Morgan fingerprint density at radius 2 is 1.84 bits per heavy atom. The molecule has 4 heterocycles. The molecule has 1 fully saturated rings. The molecule has 158 valence electrons. The Labute approximate surface area is 180 Å². The van der Waals surface area contributed by atoms with Crippen LogP contribution in [0.15, 0.2) is 48.8 Å². The number of fused-ring (bicyclic) bond motifs is 1. The normalized spacial score (nSPS) is 14.5. The van der Waals surface area contributed by atoms with E-state index in [1.807, 2.05) is 11.0 Å². The molecule has 0 amide bonds. The van der Waals surface area contributed by atoms with Crippen molar-refractivity contribution in [3.05, 3.63) is 59.4 Å². The Bertz CT molecular complexity index is 1240. The van der Waals surface area contributed by atoms with Crippen LogP contribution in [0.4, 0.5) is 18.9 Å². The van der Waals surface area contributed by atoms with Crippen molar-refractivity contribution in [3.63, 3.8) is 0 Å². The molecular weight excluding hydrogens is 427 g/mol. The molecule has 1 aliphatic rings. The van der Waals surface area contributed by atoms with Crippen molar-refractivity contribution in [3.8, 4) is 22.8 Å². The number of rotatable bonds is 3. The zero-order valence-electron chi connectivity index (χ0n) is 16.2. The van der Waals surface area contributed by atoms with Gasteiger partial charge in [0, 0.05) is 31.0 Å². The highest BCUT2D eigenvalue weighted by atomic mass is 35.5. The van der Waals surface area contributed by atoms with E-state index >= 15 is 0 Å². The lowest BCUT2D eigenvalue weighted by Gasteiger charge is -2.19. The zero-order valence-corrected chi connectivity index (χ0v) is 17.0. The quantitative estimate of drug-likeness (QED) is 0.424. The number of benzene rings is 1. The molecule has 1 N–H and O–H groups in total. The first-order valence-electron chi connectivity index (χ1n) is 9.83. The van der Waals surface area contributed by atoms with Gasteiger partial charge >= 0.3 is 6.18 Å². The van der Waals surface area contributed by atoms with Crippen molar-refractivity contribution in [1.82, 2.24) is 19.9 Å². The zero-order chi connectivity index (χ0) is 21.6. The number of pyridine rings is 2. The summed E-state index contributed by atoms with van der Waals surface area (Å²) in [6.07, 6.45) is 0.740. The Hall–Kier alpha value is -3.13. The summed E-state index contributed by atoms with van der Waals surface area (Å²) in [5.41, 5.74) is 2.54. The number of hydrogen-bond acceptors (Lipinski definition) is 4. The number of imidazole rings is 1. The van der Waals surface area contributed by atoms with Crippen molar-refractivity contribution >= 4 is 28.3 Å². The van der Waals surface area contributed by atoms with E-state index in [0.717, 1.165) is 37.6 Å². The highest BCUT2D eigenvalue weighted by Gasteiger charge is 2.33. The molecule has 1 saturated heterocycles. The van der Waals surface area contributed by atoms with E-state index in [1.54, 1.807) is 30.6 Å². The molecule has 0 saturated carbocycles. The van der Waals surface area contributed by atoms with E-state index in [2.05, 4.69) is 19.9 Å². The summed E-state index contributed by atoms with van der Waals surface area (Å²) in [5.74, 6) is 0.411. The Balaban J connectivity index is 1.58. The molecule has 1 aliphatic heterocycles. The minimum Gasteiger partial charge on any atom is -0.370 e. The molecule has 31 heavy (non-hydrogen) atoms. The topological polar surface area (TPSA) is 57.7 Å². The third kappa shape index (κ3) is 3.72. The minimum absolute atomic E-state index is 0.338. The lowest BCUT2D eigenvalue weighted by Crippen LogP contribution is -2.19. The maximum absolute atomic E-state index is 13.5. The second kappa shape index (κ2) is 7.53. The van der Waals surface area contributed by atoms with Crippen LogP contribution in [0.5, 0.6) is 0 Å². The number of hydrogen-bond donors (Lipinski definition) is 1. The Kier molecular flexibility index (Phi) is 4.81. The molecule has 0 unspecified atom stereocenters. The summed E-state index contributed by atoms with van der Waals surface area (Å²) >= 11 is 6.19.